The Balaban J connectivity index is 0. The third-order valence-corrected chi connectivity index (χ3v) is 10.2. The Hall–Kier alpha value is -1.31. The molecule has 0 aromatic carbocycles. The van der Waals surface area contributed by atoms with Gasteiger partial charge in [0.05, 0.1) is 7.11 Å². The Labute approximate surface area is 332 Å². The molecule has 11 nitrogen and oxygen atoms in total. The van der Waals surface area contributed by atoms with E-state index in [9.17, 15) is 23.1 Å². The second-order valence-corrected chi connectivity index (χ2v) is 16.1. The number of carbonyl (C=O) groups is 2. The van der Waals surface area contributed by atoms with E-state index in [0.717, 1.165) is 45.6 Å². The number of hydrogen-bond donors (Lipinski definition) is 2. The number of aliphatic hydroxyl groups is 1. The maximum atomic E-state index is 12.7. The molecule has 0 aliphatic rings. The van der Waals surface area contributed by atoms with E-state index in [-0.39, 0.29) is 12.8 Å². The van der Waals surface area contributed by atoms with Crippen LogP contribution in [0, 0.1) is 0 Å². The van der Waals surface area contributed by atoms with E-state index in [1.54, 1.807) is 20.9 Å². The van der Waals surface area contributed by atoms with Crippen molar-refractivity contribution in [3.8, 4) is 0 Å². The van der Waals surface area contributed by atoms with Crippen LogP contribution < -0.4 is 0 Å². The molecule has 0 aliphatic carbocycles. The van der Waals surface area contributed by atoms with Crippen molar-refractivity contribution in [2.24, 2.45) is 0 Å². The standard InChI is InChI=1S/C41H81NO5.CH4O5S/c1-6-8-10-12-14-16-18-20-22-24-26-28-30-32-34-36-39(44)46-41(4,42(5)38(3)43)47-40(45)37-35-33-31-29-27-25-23-21-19-17-15-13-11-9-7-2;1-5-6-7(2,3)4/h38,43H,6-37H2,1-5H3;1H3,(H,2,3,4). The average molecular weight is 796 g/mol. The highest BCUT2D eigenvalue weighted by atomic mass is 32.3. The molecule has 1 atom stereocenters. The molecular weight excluding hydrogens is 711 g/mol. The van der Waals surface area contributed by atoms with Crippen LogP contribution >= 0.6 is 0 Å². The van der Waals surface area contributed by atoms with Crippen LogP contribution in [0.4, 0.5) is 0 Å². The molecule has 0 saturated carbocycles. The van der Waals surface area contributed by atoms with Gasteiger partial charge in [-0.3, -0.25) is 14.1 Å². The van der Waals surface area contributed by atoms with Crippen molar-refractivity contribution in [3.05, 3.63) is 0 Å². The van der Waals surface area contributed by atoms with Gasteiger partial charge >= 0.3 is 28.2 Å². The van der Waals surface area contributed by atoms with Crippen molar-refractivity contribution >= 4 is 22.3 Å². The summed E-state index contributed by atoms with van der Waals surface area (Å²) in [4.78, 5) is 30.3. The lowest BCUT2D eigenvalue weighted by Gasteiger charge is -2.38. The Morgan fingerprint density at radius 3 is 0.981 bits per heavy atom. The van der Waals surface area contributed by atoms with Crippen molar-refractivity contribution in [1.82, 2.24) is 4.90 Å². The van der Waals surface area contributed by atoms with E-state index in [1.807, 2.05) is 0 Å². The molecule has 54 heavy (non-hydrogen) atoms. The van der Waals surface area contributed by atoms with Gasteiger partial charge in [-0.05, 0) is 26.8 Å². The Kier molecular flexibility index (Phi) is 39.1. The van der Waals surface area contributed by atoms with Gasteiger partial charge in [0.2, 0.25) is 0 Å². The zero-order valence-electron chi connectivity index (χ0n) is 35.7. The smallest absolute Gasteiger partial charge is 0.408 e. The van der Waals surface area contributed by atoms with Gasteiger partial charge in [-0.1, -0.05) is 198 Å². The summed E-state index contributed by atoms with van der Waals surface area (Å²) < 4.78 is 41.1. The average Bonchev–Trinajstić information content (AvgIpc) is 3.10. The van der Waals surface area contributed by atoms with Gasteiger partial charge in [0.1, 0.15) is 6.23 Å². The van der Waals surface area contributed by atoms with Gasteiger partial charge in [-0.25, -0.2) is 9.79 Å². The van der Waals surface area contributed by atoms with Gasteiger partial charge in [-0.15, -0.1) is 0 Å². The van der Waals surface area contributed by atoms with Crippen LogP contribution in [-0.2, 0) is 38.7 Å². The highest BCUT2D eigenvalue weighted by molar-refractivity contribution is 7.80. The summed E-state index contributed by atoms with van der Waals surface area (Å²) in [5.74, 6) is -2.41. The van der Waals surface area contributed by atoms with Crippen LogP contribution in [0.1, 0.15) is 233 Å². The first-order chi connectivity index (χ1) is 25.8. The first kappa shape index (κ1) is 54.8. The predicted octanol–water partition coefficient (Wildman–Crippen LogP) is 11.9. The first-order valence-electron chi connectivity index (χ1n) is 21.9. The fourth-order valence-corrected chi connectivity index (χ4v) is 6.57. The van der Waals surface area contributed by atoms with Crippen LogP contribution in [-0.4, -0.2) is 61.2 Å². The maximum Gasteiger partial charge on any atom is 0.424 e. The predicted molar refractivity (Wildman–Crippen MR) is 219 cm³/mol. The normalized spacial score (nSPS) is 12.4. The van der Waals surface area contributed by atoms with Gasteiger partial charge in [0, 0.05) is 19.8 Å². The van der Waals surface area contributed by atoms with Crippen molar-refractivity contribution in [2.75, 3.05) is 14.2 Å². The van der Waals surface area contributed by atoms with E-state index < -0.39 is 34.5 Å². The first-order valence-corrected chi connectivity index (χ1v) is 23.2. The molecule has 324 valence electrons. The molecule has 0 aromatic heterocycles. The van der Waals surface area contributed by atoms with Crippen LogP contribution in [0.15, 0.2) is 0 Å². The lowest BCUT2D eigenvalue weighted by molar-refractivity contribution is -0.295. The van der Waals surface area contributed by atoms with E-state index in [4.69, 9.17) is 14.0 Å². The summed E-state index contributed by atoms with van der Waals surface area (Å²) in [6.07, 6.45) is 37.8. The molecular formula is C42H85NO10S. The molecule has 0 rings (SSSR count). The van der Waals surface area contributed by atoms with Crippen LogP contribution in [0.3, 0.4) is 0 Å². The highest BCUT2D eigenvalue weighted by Crippen LogP contribution is 2.23. The monoisotopic (exact) mass is 796 g/mol. The number of esters is 2. The molecule has 0 spiro atoms. The summed E-state index contributed by atoms with van der Waals surface area (Å²) in [6.45, 7) is 7.66. The molecule has 2 N–H and O–H groups in total. The second-order valence-electron chi connectivity index (χ2n) is 15.2. The molecule has 0 saturated heterocycles. The Morgan fingerprint density at radius 1 is 0.556 bits per heavy atom. The van der Waals surface area contributed by atoms with E-state index in [0.29, 0.717) is 0 Å². The minimum Gasteiger partial charge on any atom is -0.408 e. The van der Waals surface area contributed by atoms with Gasteiger partial charge in [0.15, 0.2) is 0 Å². The van der Waals surface area contributed by atoms with Crippen LogP contribution in [0.25, 0.3) is 0 Å². The summed E-state index contributed by atoms with van der Waals surface area (Å²) in [5.41, 5.74) is 0. The topological polar surface area (TPSA) is 149 Å². The van der Waals surface area contributed by atoms with Gasteiger partial charge < -0.3 is 14.6 Å². The van der Waals surface area contributed by atoms with E-state index in [1.165, 1.54) is 159 Å². The SMILES string of the molecule is CCCCCCCCCCCCCCCCCC(=O)OC(C)(OC(=O)CCCCCCCCCCCCCCCCC)N(C)C(C)O.COOS(=O)(=O)O. The number of unbranched alkanes of at least 4 members (excludes halogenated alkanes) is 28. The highest BCUT2D eigenvalue weighted by Gasteiger charge is 2.40. The lowest BCUT2D eigenvalue weighted by atomic mass is 10.0. The molecule has 0 aromatic rings. The summed E-state index contributed by atoms with van der Waals surface area (Å²) >= 11 is 0. The molecule has 0 bridgehead atoms. The minimum atomic E-state index is -4.40. The molecule has 0 radical (unpaired) electrons. The molecule has 0 aliphatic heterocycles. The summed E-state index contributed by atoms with van der Waals surface area (Å²) in [6, 6.07) is 0. The van der Waals surface area contributed by atoms with Crippen LogP contribution in [0.5, 0.6) is 0 Å². The molecule has 0 heterocycles. The van der Waals surface area contributed by atoms with Crippen molar-refractivity contribution in [2.45, 2.75) is 245 Å². The Bertz CT molecular complexity index is 899. The number of carbonyl (C=O) groups excluding carboxylic acids is 2. The number of hydrogen-bond acceptors (Lipinski definition) is 10. The number of rotatable bonds is 38. The number of aliphatic hydroxyl groups excluding tert-OH is 1. The molecule has 1 unspecified atom stereocenters. The minimum absolute atomic E-state index is 0.290. The third-order valence-electron chi connectivity index (χ3n) is 9.93. The van der Waals surface area contributed by atoms with Gasteiger partial charge in [0.25, 0.3) is 0 Å². The third kappa shape index (κ3) is 38.9. The number of nitrogens with zero attached hydrogens (tertiary/aromatic N) is 1. The second kappa shape index (κ2) is 38.6. The zero-order chi connectivity index (χ0) is 40.8. The zero-order valence-corrected chi connectivity index (χ0v) is 36.5. The van der Waals surface area contributed by atoms with E-state index in [2.05, 4.69) is 23.1 Å². The number of ether oxygens (including phenoxy) is 2. The maximum absolute atomic E-state index is 12.7. The summed E-state index contributed by atoms with van der Waals surface area (Å²) in [5, 5.41) is 10.2. The molecule has 0 fully saturated rings. The molecule has 0 amide bonds. The Morgan fingerprint density at radius 2 is 0.796 bits per heavy atom. The lowest BCUT2D eigenvalue weighted by Crippen LogP contribution is -2.54. The van der Waals surface area contributed by atoms with Crippen molar-refractivity contribution in [1.29, 1.82) is 0 Å². The van der Waals surface area contributed by atoms with Crippen molar-refractivity contribution < 1.29 is 46.4 Å². The van der Waals surface area contributed by atoms with Crippen molar-refractivity contribution in [3.63, 3.8) is 0 Å². The van der Waals surface area contributed by atoms with E-state index >= 15 is 0 Å². The fourth-order valence-electron chi connectivity index (χ4n) is 6.40. The fraction of sp³-hybridized carbons (Fsp3) is 0.952. The van der Waals surface area contributed by atoms with Crippen LogP contribution in [0.2, 0.25) is 0 Å². The quantitative estimate of drug-likeness (QED) is 0.0153. The molecule has 12 heteroatoms. The largest absolute Gasteiger partial charge is 0.424 e. The van der Waals surface area contributed by atoms with Gasteiger partial charge in [-0.2, -0.15) is 8.42 Å². The summed E-state index contributed by atoms with van der Waals surface area (Å²) in [7, 11) is -1.83.